The van der Waals surface area contributed by atoms with Crippen molar-refractivity contribution in [2.75, 3.05) is 0 Å². The molecule has 3 heteroatoms. The van der Waals surface area contributed by atoms with E-state index in [9.17, 15) is 5.26 Å². The van der Waals surface area contributed by atoms with Crippen molar-refractivity contribution in [1.82, 2.24) is 4.98 Å². The second-order valence-corrected chi connectivity index (χ2v) is 14.4. The average molecular weight is 417 g/mol. The molecule has 0 radical (unpaired) electrons. The topological polar surface area (TPSA) is 36.7 Å². The van der Waals surface area contributed by atoms with Gasteiger partial charge in [0.1, 0.15) is 0 Å². The van der Waals surface area contributed by atoms with E-state index in [1.807, 2.05) is 30.5 Å². The summed E-state index contributed by atoms with van der Waals surface area (Å²) in [7, 11) is -1.49. The number of pyridine rings is 1. The van der Waals surface area contributed by atoms with Crippen molar-refractivity contribution in [3.8, 4) is 17.3 Å². The average Bonchev–Trinajstić information content (AvgIpc) is 2.76. The van der Waals surface area contributed by atoms with Gasteiger partial charge in [-0.25, -0.2) is 0 Å². The van der Waals surface area contributed by atoms with E-state index in [-0.39, 0.29) is 0 Å². The Kier molecular flexibility index (Phi) is 4.42. The molecule has 1 aromatic heterocycles. The van der Waals surface area contributed by atoms with Gasteiger partial charge < -0.3 is 0 Å². The molecule has 150 valence electrons. The zero-order valence-electron chi connectivity index (χ0n) is 18.3. The van der Waals surface area contributed by atoms with Crippen molar-refractivity contribution in [1.29, 1.82) is 5.26 Å². The first kappa shape index (κ1) is 19.5. The maximum absolute atomic E-state index is 9.73. The lowest BCUT2D eigenvalue weighted by Crippen LogP contribution is -2.38. The third-order valence-corrected chi connectivity index (χ3v) is 8.11. The van der Waals surface area contributed by atoms with E-state index in [1.165, 1.54) is 26.9 Å². The van der Waals surface area contributed by atoms with Gasteiger partial charge in [-0.3, -0.25) is 4.98 Å². The molecule has 0 atom stereocenters. The molecule has 0 spiro atoms. The predicted molar refractivity (Wildman–Crippen MR) is 135 cm³/mol. The highest BCUT2D eigenvalue weighted by molar-refractivity contribution is 6.90. The van der Waals surface area contributed by atoms with E-state index in [1.54, 1.807) is 0 Å². The number of aryl methyl sites for hydroxylation is 1. The molecule has 5 rings (SSSR count). The summed E-state index contributed by atoms with van der Waals surface area (Å²) in [6.07, 6.45) is 1.90. The minimum atomic E-state index is -1.49. The van der Waals surface area contributed by atoms with E-state index in [4.69, 9.17) is 4.98 Å². The van der Waals surface area contributed by atoms with Crippen LogP contribution in [0.15, 0.2) is 72.9 Å². The van der Waals surface area contributed by atoms with Crippen LogP contribution in [0.5, 0.6) is 0 Å². The fourth-order valence-electron chi connectivity index (χ4n) is 4.63. The van der Waals surface area contributed by atoms with Gasteiger partial charge in [-0.05, 0) is 52.1 Å². The van der Waals surface area contributed by atoms with Gasteiger partial charge in [0, 0.05) is 17.1 Å². The van der Waals surface area contributed by atoms with E-state index in [2.05, 4.69) is 75.1 Å². The zero-order valence-corrected chi connectivity index (χ0v) is 19.3. The van der Waals surface area contributed by atoms with Gasteiger partial charge in [0.2, 0.25) is 0 Å². The number of rotatable bonds is 2. The Morgan fingerprint density at radius 2 is 1.55 bits per heavy atom. The van der Waals surface area contributed by atoms with Crippen LogP contribution in [0.1, 0.15) is 11.1 Å². The number of hydrogen-bond donors (Lipinski definition) is 0. The molecule has 0 saturated heterocycles. The number of aromatic nitrogens is 1. The van der Waals surface area contributed by atoms with Crippen LogP contribution in [-0.4, -0.2) is 13.1 Å². The number of nitrogens with zero attached hydrogens (tertiary/aromatic N) is 2. The van der Waals surface area contributed by atoms with Gasteiger partial charge in [0.25, 0.3) is 0 Å². The molecule has 0 fully saturated rings. The van der Waals surface area contributed by atoms with Crippen LogP contribution in [0.2, 0.25) is 19.6 Å². The van der Waals surface area contributed by atoms with Gasteiger partial charge in [-0.15, -0.1) is 0 Å². The van der Waals surface area contributed by atoms with Crippen molar-refractivity contribution in [2.45, 2.75) is 26.6 Å². The number of benzene rings is 4. The molecule has 0 bridgehead atoms. The third-order valence-electron chi connectivity index (χ3n) is 6.09. The molecule has 4 aromatic carbocycles. The van der Waals surface area contributed by atoms with Crippen molar-refractivity contribution >= 4 is 45.6 Å². The first-order valence-electron chi connectivity index (χ1n) is 10.6. The smallest absolute Gasteiger partial charge is 0.0998 e. The molecule has 2 nitrogen and oxygen atoms in total. The Hall–Kier alpha value is -3.48. The van der Waals surface area contributed by atoms with Crippen LogP contribution in [-0.2, 0) is 0 Å². The van der Waals surface area contributed by atoms with E-state index < -0.39 is 8.07 Å². The first-order valence-corrected chi connectivity index (χ1v) is 14.1. The second kappa shape index (κ2) is 7.04. The fraction of sp³-hybridized carbons (Fsp3) is 0.143. The molecule has 0 unspecified atom stereocenters. The van der Waals surface area contributed by atoms with E-state index in [0.29, 0.717) is 5.56 Å². The van der Waals surface area contributed by atoms with Gasteiger partial charge in [-0.1, -0.05) is 78.9 Å². The number of hydrogen-bond acceptors (Lipinski definition) is 2. The monoisotopic (exact) mass is 416 g/mol. The second-order valence-electron chi connectivity index (χ2n) is 9.33. The Bertz CT molecular complexity index is 1540. The highest BCUT2D eigenvalue weighted by Gasteiger charge is 2.21. The van der Waals surface area contributed by atoms with Crippen LogP contribution in [0.4, 0.5) is 0 Å². The molecule has 0 aliphatic carbocycles. The van der Waals surface area contributed by atoms with Gasteiger partial charge in [0.05, 0.1) is 25.4 Å². The van der Waals surface area contributed by atoms with Crippen molar-refractivity contribution in [3.05, 3.63) is 84.1 Å². The van der Waals surface area contributed by atoms with E-state index in [0.717, 1.165) is 27.4 Å². The fourth-order valence-corrected chi connectivity index (χ4v) is 6.32. The highest BCUT2D eigenvalue weighted by Crippen LogP contribution is 2.34. The van der Waals surface area contributed by atoms with Crippen LogP contribution >= 0.6 is 0 Å². The Balaban J connectivity index is 1.85. The lowest BCUT2D eigenvalue weighted by molar-refractivity contribution is 1.36. The molecular weight excluding hydrogens is 392 g/mol. The Morgan fingerprint density at radius 1 is 0.774 bits per heavy atom. The molecule has 0 amide bonds. The minimum absolute atomic E-state index is 0.685. The van der Waals surface area contributed by atoms with Crippen molar-refractivity contribution in [2.24, 2.45) is 0 Å². The molecular formula is C28H24N2Si. The van der Waals surface area contributed by atoms with Gasteiger partial charge >= 0.3 is 0 Å². The molecule has 0 N–H and O–H groups in total. The van der Waals surface area contributed by atoms with Gasteiger partial charge in [-0.2, -0.15) is 5.26 Å². The quantitative estimate of drug-likeness (QED) is 0.231. The summed E-state index contributed by atoms with van der Waals surface area (Å²) in [5.41, 5.74) is 3.90. The summed E-state index contributed by atoms with van der Waals surface area (Å²) in [5.74, 6) is 0. The Morgan fingerprint density at radius 3 is 2.32 bits per heavy atom. The summed E-state index contributed by atoms with van der Waals surface area (Å²) in [6.45, 7) is 9.40. The zero-order chi connectivity index (χ0) is 21.8. The van der Waals surface area contributed by atoms with Crippen LogP contribution < -0.4 is 5.19 Å². The SMILES string of the molecule is Cc1cc([Si](C)(C)C)c2ccc3c(-c4cc(C#N)c5ccccc5c4)nccc3c2c1. The molecule has 0 aliphatic rings. The predicted octanol–water partition coefficient (Wildman–Crippen LogP) is 6.93. The molecule has 0 aliphatic heterocycles. The maximum Gasteiger partial charge on any atom is 0.0998 e. The van der Waals surface area contributed by atoms with Crippen LogP contribution in [0, 0.1) is 18.3 Å². The molecule has 0 saturated carbocycles. The minimum Gasteiger partial charge on any atom is -0.256 e. The highest BCUT2D eigenvalue weighted by atomic mass is 28.3. The molecule has 31 heavy (non-hydrogen) atoms. The number of fused-ring (bicyclic) bond motifs is 4. The summed E-state index contributed by atoms with van der Waals surface area (Å²) in [5, 5.41) is 18.3. The standard InChI is InChI=1S/C28H24N2Si/c1-18-13-26-23-11-12-30-28(25(23)10-9-24(26)27(14-18)31(2,3)4)20-15-19-7-5-6-8-22(19)21(16-20)17-29/h5-16H,1-4H3. The van der Waals surface area contributed by atoms with Gasteiger partial charge in [0.15, 0.2) is 0 Å². The largest absolute Gasteiger partial charge is 0.256 e. The van der Waals surface area contributed by atoms with Crippen LogP contribution in [0.25, 0.3) is 43.6 Å². The Labute approximate surface area is 183 Å². The maximum atomic E-state index is 9.73. The molecule has 1 heterocycles. The van der Waals surface area contributed by atoms with Crippen molar-refractivity contribution in [3.63, 3.8) is 0 Å². The summed E-state index contributed by atoms with van der Waals surface area (Å²) >= 11 is 0. The lowest BCUT2D eigenvalue weighted by atomic mass is 9.95. The third kappa shape index (κ3) is 3.21. The first-order chi connectivity index (χ1) is 14.9. The normalized spacial score (nSPS) is 11.8. The summed E-state index contributed by atoms with van der Waals surface area (Å²) in [6, 6.07) is 25.8. The van der Waals surface area contributed by atoms with Crippen molar-refractivity contribution < 1.29 is 0 Å². The molecule has 5 aromatic rings. The van der Waals surface area contributed by atoms with Crippen LogP contribution in [0.3, 0.4) is 0 Å². The van der Waals surface area contributed by atoms with E-state index >= 15 is 0 Å². The number of nitriles is 1. The summed E-state index contributed by atoms with van der Waals surface area (Å²) < 4.78 is 0. The summed E-state index contributed by atoms with van der Waals surface area (Å²) in [4.78, 5) is 4.76. The lowest BCUT2D eigenvalue weighted by Gasteiger charge is -2.21.